The lowest BCUT2D eigenvalue weighted by Crippen LogP contribution is -2.41. The van der Waals surface area contributed by atoms with Crippen LogP contribution in [0, 0.1) is 5.92 Å². The summed E-state index contributed by atoms with van der Waals surface area (Å²) in [5, 5.41) is 0. The number of nitrogens with zero attached hydrogens (tertiary/aromatic N) is 1. The van der Waals surface area contributed by atoms with E-state index in [1.54, 1.807) is 0 Å². The van der Waals surface area contributed by atoms with Crippen LogP contribution in [0.4, 0.5) is 0 Å². The van der Waals surface area contributed by atoms with E-state index in [0.717, 1.165) is 13.1 Å². The Labute approximate surface area is 126 Å². The molecule has 0 saturated carbocycles. The standard InChI is InChI=1S/C19H21NO/c1-15-13-20(14-16-8-4-2-5-9-16)18(12-19(15)21)17-10-6-3-7-11-17/h2-11,15,18H,12-14H2,1H3/t15-,18-/m1/s1. The summed E-state index contributed by atoms with van der Waals surface area (Å²) >= 11 is 0. The van der Waals surface area contributed by atoms with Crippen molar-refractivity contribution < 1.29 is 4.79 Å². The van der Waals surface area contributed by atoms with Gasteiger partial charge < -0.3 is 0 Å². The predicted molar refractivity (Wildman–Crippen MR) is 84.8 cm³/mol. The lowest BCUT2D eigenvalue weighted by Gasteiger charge is -2.38. The first-order valence-electron chi connectivity index (χ1n) is 7.59. The highest BCUT2D eigenvalue weighted by atomic mass is 16.1. The highest BCUT2D eigenvalue weighted by Gasteiger charge is 2.32. The van der Waals surface area contributed by atoms with E-state index in [1.807, 2.05) is 19.1 Å². The van der Waals surface area contributed by atoms with Crippen LogP contribution in [0.5, 0.6) is 0 Å². The lowest BCUT2D eigenvalue weighted by molar-refractivity contribution is -0.128. The van der Waals surface area contributed by atoms with E-state index >= 15 is 0 Å². The molecule has 0 bridgehead atoms. The minimum Gasteiger partial charge on any atom is -0.299 e. The third kappa shape index (κ3) is 3.22. The van der Waals surface area contributed by atoms with Gasteiger partial charge in [-0.05, 0) is 11.1 Å². The number of carbonyl (C=O) groups is 1. The first-order valence-corrected chi connectivity index (χ1v) is 7.59. The summed E-state index contributed by atoms with van der Waals surface area (Å²) in [5.41, 5.74) is 2.55. The predicted octanol–water partition coefficient (Wildman–Crippen LogP) is 3.84. The molecule has 0 unspecified atom stereocenters. The Morgan fingerprint density at radius 1 is 1.00 bits per heavy atom. The quantitative estimate of drug-likeness (QED) is 0.851. The topological polar surface area (TPSA) is 20.3 Å². The largest absolute Gasteiger partial charge is 0.299 e. The Morgan fingerprint density at radius 3 is 2.29 bits per heavy atom. The molecule has 1 aliphatic heterocycles. The molecular formula is C19H21NO. The molecule has 0 radical (unpaired) electrons. The maximum Gasteiger partial charge on any atom is 0.138 e. The van der Waals surface area contributed by atoms with E-state index < -0.39 is 0 Å². The second-order valence-electron chi connectivity index (χ2n) is 5.91. The Hall–Kier alpha value is -1.93. The zero-order valence-corrected chi connectivity index (χ0v) is 12.4. The van der Waals surface area contributed by atoms with Crippen molar-refractivity contribution in [2.24, 2.45) is 5.92 Å². The maximum atomic E-state index is 12.1. The molecule has 0 amide bonds. The molecule has 108 valence electrons. The van der Waals surface area contributed by atoms with Crippen LogP contribution in [0.25, 0.3) is 0 Å². The Kier molecular flexibility index (Phi) is 4.16. The zero-order valence-electron chi connectivity index (χ0n) is 12.4. The number of rotatable bonds is 3. The number of ketones is 1. The van der Waals surface area contributed by atoms with Gasteiger partial charge in [-0.15, -0.1) is 0 Å². The average Bonchev–Trinajstić information content (AvgIpc) is 2.52. The first kappa shape index (κ1) is 14.0. The Bertz CT molecular complexity index is 593. The highest BCUT2D eigenvalue weighted by molar-refractivity contribution is 5.82. The third-order valence-corrected chi connectivity index (χ3v) is 4.31. The number of carbonyl (C=O) groups excluding carboxylic acids is 1. The fraction of sp³-hybridized carbons (Fsp3) is 0.316. The van der Waals surface area contributed by atoms with Crippen LogP contribution in [0.1, 0.15) is 30.5 Å². The second kappa shape index (κ2) is 6.23. The van der Waals surface area contributed by atoms with Crippen molar-refractivity contribution in [3.63, 3.8) is 0 Å². The molecule has 0 aromatic heterocycles. The summed E-state index contributed by atoms with van der Waals surface area (Å²) in [6.45, 7) is 3.78. The number of hydrogen-bond acceptors (Lipinski definition) is 2. The molecule has 2 nitrogen and oxygen atoms in total. The minimum absolute atomic E-state index is 0.133. The van der Waals surface area contributed by atoms with E-state index in [9.17, 15) is 4.79 Å². The summed E-state index contributed by atoms with van der Waals surface area (Å²) < 4.78 is 0. The molecule has 2 aromatic carbocycles. The van der Waals surface area contributed by atoms with Crippen molar-refractivity contribution in [1.29, 1.82) is 0 Å². The fourth-order valence-corrected chi connectivity index (χ4v) is 3.10. The third-order valence-electron chi connectivity index (χ3n) is 4.31. The Balaban J connectivity index is 1.85. The van der Waals surface area contributed by atoms with Crippen molar-refractivity contribution >= 4 is 5.78 Å². The Morgan fingerprint density at radius 2 is 1.62 bits per heavy atom. The van der Waals surface area contributed by atoms with Crippen molar-refractivity contribution in [3.8, 4) is 0 Å². The van der Waals surface area contributed by atoms with Gasteiger partial charge in [-0.1, -0.05) is 67.6 Å². The zero-order chi connectivity index (χ0) is 14.7. The van der Waals surface area contributed by atoms with Crippen LogP contribution in [0.15, 0.2) is 60.7 Å². The van der Waals surface area contributed by atoms with Gasteiger partial charge in [-0.25, -0.2) is 0 Å². The van der Waals surface area contributed by atoms with Crippen molar-refractivity contribution in [3.05, 3.63) is 71.8 Å². The molecule has 0 spiro atoms. The fourth-order valence-electron chi connectivity index (χ4n) is 3.10. The molecule has 21 heavy (non-hydrogen) atoms. The normalized spacial score (nSPS) is 23.2. The summed E-state index contributed by atoms with van der Waals surface area (Å²) in [4.78, 5) is 14.6. The van der Waals surface area contributed by atoms with Gasteiger partial charge >= 0.3 is 0 Å². The van der Waals surface area contributed by atoms with Crippen LogP contribution < -0.4 is 0 Å². The van der Waals surface area contributed by atoms with Crippen molar-refractivity contribution in [2.75, 3.05) is 6.54 Å². The minimum atomic E-state index is 0.133. The van der Waals surface area contributed by atoms with Crippen LogP contribution in [0.3, 0.4) is 0 Å². The molecule has 1 fully saturated rings. The molecule has 0 N–H and O–H groups in total. The number of benzene rings is 2. The number of hydrogen-bond donors (Lipinski definition) is 0. The molecule has 1 aliphatic rings. The van der Waals surface area contributed by atoms with Crippen molar-refractivity contribution in [2.45, 2.75) is 25.9 Å². The molecule has 3 rings (SSSR count). The lowest BCUT2D eigenvalue weighted by atomic mass is 9.88. The van der Waals surface area contributed by atoms with Crippen LogP contribution in [0.2, 0.25) is 0 Å². The molecule has 0 aliphatic carbocycles. The van der Waals surface area contributed by atoms with Gasteiger partial charge in [0.25, 0.3) is 0 Å². The van der Waals surface area contributed by atoms with Gasteiger partial charge in [0.1, 0.15) is 5.78 Å². The maximum absolute atomic E-state index is 12.1. The number of likely N-dealkylation sites (tertiary alicyclic amines) is 1. The second-order valence-corrected chi connectivity index (χ2v) is 5.91. The smallest absolute Gasteiger partial charge is 0.138 e. The molecule has 2 atom stereocenters. The van der Waals surface area contributed by atoms with Crippen LogP contribution in [-0.4, -0.2) is 17.2 Å². The van der Waals surface area contributed by atoms with Gasteiger partial charge in [0, 0.05) is 31.5 Å². The van der Waals surface area contributed by atoms with Gasteiger partial charge in [-0.3, -0.25) is 9.69 Å². The molecular weight excluding hydrogens is 258 g/mol. The molecule has 2 aromatic rings. The van der Waals surface area contributed by atoms with Gasteiger partial charge in [0.05, 0.1) is 0 Å². The highest BCUT2D eigenvalue weighted by Crippen LogP contribution is 2.32. The van der Waals surface area contributed by atoms with E-state index in [2.05, 4.69) is 53.4 Å². The monoisotopic (exact) mass is 279 g/mol. The van der Waals surface area contributed by atoms with E-state index in [-0.39, 0.29) is 12.0 Å². The number of piperidine rings is 1. The molecule has 1 saturated heterocycles. The van der Waals surface area contributed by atoms with Gasteiger partial charge in [-0.2, -0.15) is 0 Å². The molecule has 1 heterocycles. The van der Waals surface area contributed by atoms with E-state index in [1.165, 1.54) is 11.1 Å². The summed E-state index contributed by atoms with van der Waals surface area (Å²) in [5.74, 6) is 0.516. The van der Waals surface area contributed by atoms with E-state index in [4.69, 9.17) is 0 Å². The van der Waals surface area contributed by atoms with Crippen molar-refractivity contribution in [1.82, 2.24) is 4.90 Å². The summed E-state index contributed by atoms with van der Waals surface area (Å²) in [6, 6.07) is 21.1. The van der Waals surface area contributed by atoms with Gasteiger partial charge in [0.15, 0.2) is 0 Å². The van der Waals surface area contributed by atoms with E-state index in [0.29, 0.717) is 12.2 Å². The first-order chi connectivity index (χ1) is 10.2. The summed E-state index contributed by atoms with van der Waals surface area (Å²) in [7, 11) is 0. The van der Waals surface area contributed by atoms with Crippen LogP contribution in [-0.2, 0) is 11.3 Å². The van der Waals surface area contributed by atoms with Crippen LogP contribution >= 0.6 is 0 Å². The number of Topliss-reactive ketones (excluding diaryl/α,β-unsaturated/α-hetero) is 1. The SMILES string of the molecule is C[C@@H]1CN(Cc2ccccc2)[C@@H](c2ccccc2)CC1=O. The molecule has 2 heteroatoms. The summed E-state index contributed by atoms with van der Waals surface area (Å²) in [6.07, 6.45) is 0.623. The van der Waals surface area contributed by atoms with Gasteiger partial charge in [0.2, 0.25) is 0 Å². The average molecular weight is 279 g/mol.